The number of hydrogen-bond donors (Lipinski definition) is 1. The first kappa shape index (κ1) is 13.4. The topological polar surface area (TPSA) is 15.3 Å². The average Bonchev–Trinajstić information content (AvgIpc) is 2.29. The van der Waals surface area contributed by atoms with Gasteiger partial charge in [-0.3, -0.25) is 0 Å². The van der Waals surface area contributed by atoms with Crippen molar-refractivity contribution < 1.29 is 0 Å². The lowest BCUT2D eigenvalue weighted by molar-refractivity contribution is 0.347. The molecule has 1 aliphatic rings. The summed E-state index contributed by atoms with van der Waals surface area (Å²) >= 11 is 0. The molecule has 0 atom stereocenters. The Bertz CT molecular complexity index is 410. The molecule has 1 saturated heterocycles. The number of anilines is 1. The molecule has 0 radical (unpaired) electrons. The number of hydrogen-bond acceptors (Lipinski definition) is 2. The number of nitrogens with one attached hydrogen (secondary N) is 1. The third-order valence-electron chi connectivity index (χ3n) is 4.07. The second-order valence-corrected chi connectivity index (χ2v) is 6.17. The van der Waals surface area contributed by atoms with Crippen LogP contribution >= 0.6 is 0 Å². The molecule has 1 N–H and O–H groups in total. The average molecular weight is 246 g/mol. The Hall–Kier alpha value is -1.02. The fourth-order valence-electron chi connectivity index (χ4n) is 2.49. The van der Waals surface area contributed by atoms with E-state index in [4.69, 9.17) is 0 Å². The van der Waals surface area contributed by atoms with E-state index in [1.165, 1.54) is 29.7 Å². The van der Waals surface area contributed by atoms with Crippen molar-refractivity contribution in [3.63, 3.8) is 0 Å². The van der Waals surface area contributed by atoms with Gasteiger partial charge in [-0.2, -0.15) is 0 Å². The zero-order valence-corrected chi connectivity index (χ0v) is 12.2. The van der Waals surface area contributed by atoms with E-state index in [0.717, 1.165) is 19.6 Å². The van der Waals surface area contributed by atoms with Crippen LogP contribution in [0, 0.1) is 13.8 Å². The van der Waals surface area contributed by atoms with E-state index in [9.17, 15) is 0 Å². The van der Waals surface area contributed by atoms with E-state index in [-0.39, 0.29) is 5.54 Å². The van der Waals surface area contributed by atoms with Gasteiger partial charge in [0.25, 0.3) is 0 Å². The molecule has 0 amide bonds. The SMILES string of the molecule is Cc1ccc(N2CCCNC(C)(C)CC2)cc1C. The molecule has 0 spiro atoms. The minimum absolute atomic E-state index is 0.262. The quantitative estimate of drug-likeness (QED) is 0.818. The fourth-order valence-corrected chi connectivity index (χ4v) is 2.49. The molecular formula is C16H26N2. The molecule has 0 saturated carbocycles. The first-order chi connectivity index (χ1) is 8.48. The molecule has 2 rings (SSSR count). The Balaban J connectivity index is 2.13. The van der Waals surface area contributed by atoms with Crippen molar-refractivity contribution >= 4 is 5.69 Å². The summed E-state index contributed by atoms with van der Waals surface area (Å²) in [5.41, 5.74) is 4.42. The van der Waals surface area contributed by atoms with Crippen LogP contribution in [0.1, 0.15) is 37.8 Å². The first-order valence-corrected chi connectivity index (χ1v) is 7.05. The van der Waals surface area contributed by atoms with Crippen LogP contribution in [0.25, 0.3) is 0 Å². The van der Waals surface area contributed by atoms with E-state index in [1.54, 1.807) is 0 Å². The van der Waals surface area contributed by atoms with Crippen LogP contribution in [0.3, 0.4) is 0 Å². The second-order valence-electron chi connectivity index (χ2n) is 6.17. The van der Waals surface area contributed by atoms with Crippen LogP contribution in [0.15, 0.2) is 18.2 Å². The number of rotatable bonds is 1. The third kappa shape index (κ3) is 3.26. The van der Waals surface area contributed by atoms with Gasteiger partial charge in [-0.25, -0.2) is 0 Å². The van der Waals surface area contributed by atoms with Crippen molar-refractivity contribution in [2.75, 3.05) is 24.5 Å². The Kier molecular flexibility index (Phi) is 3.96. The Morgan fingerprint density at radius 2 is 1.89 bits per heavy atom. The van der Waals surface area contributed by atoms with Crippen molar-refractivity contribution in [2.24, 2.45) is 0 Å². The molecule has 1 heterocycles. The highest BCUT2D eigenvalue weighted by molar-refractivity contribution is 5.50. The van der Waals surface area contributed by atoms with Gasteiger partial charge in [-0.15, -0.1) is 0 Å². The molecule has 100 valence electrons. The lowest BCUT2D eigenvalue weighted by Gasteiger charge is -2.35. The van der Waals surface area contributed by atoms with Crippen molar-refractivity contribution in [3.8, 4) is 0 Å². The van der Waals surface area contributed by atoms with Gasteiger partial charge in [0.05, 0.1) is 0 Å². The highest BCUT2D eigenvalue weighted by Crippen LogP contribution is 2.22. The Labute approximate surface area is 111 Å². The van der Waals surface area contributed by atoms with Gasteiger partial charge in [-0.05, 0) is 70.3 Å². The van der Waals surface area contributed by atoms with E-state index in [0.29, 0.717) is 0 Å². The van der Waals surface area contributed by atoms with E-state index in [1.807, 2.05) is 0 Å². The zero-order valence-electron chi connectivity index (χ0n) is 12.2. The summed E-state index contributed by atoms with van der Waals surface area (Å²) in [6, 6.07) is 6.84. The maximum Gasteiger partial charge on any atom is 0.0369 e. The highest BCUT2D eigenvalue weighted by Gasteiger charge is 2.21. The van der Waals surface area contributed by atoms with Crippen molar-refractivity contribution in [1.82, 2.24) is 5.32 Å². The van der Waals surface area contributed by atoms with E-state index >= 15 is 0 Å². The van der Waals surface area contributed by atoms with Gasteiger partial charge < -0.3 is 10.2 Å². The molecule has 0 aromatic heterocycles. The maximum absolute atomic E-state index is 3.63. The van der Waals surface area contributed by atoms with Crippen molar-refractivity contribution in [1.29, 1.82) is 0 Å². The van der Waals surface area contributed by atoms with Gasteiger partial charge in [-0.1, -0.05) is 6.07 Å². The third-order valence-corrected chi connectivity index (χ3v) is 4.07. The first-order valence-electron chi connectivity index (χ1n) is 7.05. The van der Waals surface area contributed by atoms with Crippen LogP contribution in [0.4, 0.5) is 5.69 Å². The predicted octanol–water partition coefficient (Wildman–Crippen LogP) is 3.27. The largest absolute Gasteiger partial charge is 0.371 e. The van der Waals surface area contributed by atoms with Gasteiger partial charge in [0.2, 0.25) is 0 Å². The number of aryl methyl sites for hydroxylation is 2. The van der Waals surface area contributed by atoms with Crippen LogP contribution in [0.5, 0.6) is 0 Å². The highest BCUT2D eigenvalue weighted by atomic mass is 15.1. The molecule has 1 fully saturated rings. The summed E-state index contributed by atoms with van der Waals surface area (Å²) in [7, 11) is 0. The summed E-state index contributed by atoms with van der Waals surface area (Å²) in [6.07, 6.45) is 2.41. The molecule has 1 aromatic carbocycles. The molecule has 1 aromatic rings. The van der Waals surface area contributed by atoms with E-state index in [2.05, 4.69) is 56.1 Å². The van der Waals surface area contributed by atoms with Gasteiger partial charge in [0.1, 0.15) is 0 Å². The summed E-state index contributed by atoms with van der Waals surface area (Å²) < 4.78 is 0. The van der Waals surface area contributed by atoms with Gasteiger partial charge in [0, 0.05) is 24.3 Å². The summed E-state index contributed by atoms with van der Waals surface area (Å²) in [5, 5.41) is 3.63. The molecule has 2 heteroatoms. The Morgan fingerprint density at radius 3 is 2.61 bits per heavy atom. The molecule has 0 bridgehead atoms. The van der Waals surface area contributed by atoms with Crippen LogP contribution in [0.2, 0.25) is 0 Å². The van der Waals surface area contributed by atoms with E-state index < -0.39 is 0 Å². The normalized spacial score (nSPS) is 20.3. The van der Waals surface area contributed by atoms with Gasteiger partial charge in [0.15, 0.2) is 0 Å². The predicted molar refractivity (Wildman–Crippen MR) is 79.4 cm³/mol. The number of benzene rings is 1. The molecule has 0 unspecified atom stereocenters. The Morgan fingerprint density at radius 1 is 1.11 bits per heavy atom. The van der Waals surface area contributed by atoms with Crippen LogP contribution < -0.4 is 10.2 Å². The molecular weight excluding hydrogens is 220 g/mol. The molecule has 18 heavy (non-hydrogen) atoms. The molecule has 1 aliphatic heterocycles. The fraction of sp³-hybridized carbons (Fsp3) is 0.625. The monoisotopic (exact) mass is 246 g/mol. The smallest absolute Gasteiger partial charge is 0.0369 e. The van der Waals surface area contributed by atoms with Crippen LogP contribution in [-0.2, 0) is 0 Å². The van der Waals surface area contributed by atoms with Crippen LogP contribution in [-0.4, -0.2) is 25.2 Å². The van der Waals surface area contributed by atoms with Crippen molar-refractivity contribution in [2.45, 2.75) is 46.1 Å². The molecule has 0 aliphatic carbocycles. The van der Waals surface area contributed by atoms with Crippen molar-refractivity contribution in [3.05, 3.63) is 29.3 Å². The standard InChI is InChI=1S/C16H26N2/c1-13-6-7-15(12-14(13)2)18-10-5-9-17-16(3,4)8-11-18/h6-7,12,17H,5,8-11H2,1-4H3. The zero-order chi connectivity index (χ0) is 13.2. The lowest BCUT2D eigenvalue weighted by atomic mass is 9.98. The summed E-state index contributed by atoms with van der Waals surface area (Å²) in [6.45, 7) is 12.4. The minimum atomic E-state index is 0.262. The summed E-state index contributed by atoms with van der Waals surface area (Å²) in [5.74, 6) is 0. The summed E-state index contributed by atoms with van der Waals surface area (Å²) in [4.78, 5) is 2.54. The second kappa shape index (κ2) is 5.31. The maximum atomic E-state index is 3.63. The minimum Gasteiger partial charge on any atom is -0.371 e. The molecule has 2 nitrogen and oxygen atoms in total. The van der Waals surface area contributed by atoms with Gasteiger partial charge >= 0.3 is 0 Å². The lowest BCUT2D eigenvalue weighted by Crippen LogP contribution is -2.46. The number of nitrogens with zero attached hydrogens (tertiary/aromatic N) is 1.